The number of hydrogen-bond donors (Lipinski definition) is 0. The van der Waals surface area contributed by atoms with Crippen LogP contribution < -0.4 is 0 Å². The SMILES string of the molecule is CC.CC.CCC.CCC(C)C.CCC(CC)CCC(C)(CC)CC1=CCCCC1. The molecular formula is C30H66. The van der Waals surface area contributed by atoms with Crippen LogP contribution in [0.2, 0.25) is 0 Å². The zero-order valence-corrected chi connectivity index (χ0v) is 24.2. The topological polar surface area (TPSA) is 0 Å². The molecule has 0 aromatic carbocycles. The Morgan fingerprint density at radius 2 is 1.30 bits per heavy atom. The van der Waals surface area contributed by atoms with Crippen LogP contribution in [-0.4, -0.2) is 0 Å². The summed E-state index contributed by atoms with van der Waals surface area (Å²) in [7, 11) is 0. The van der Waals surface area contributed by atoms with Gasteiger partial charge in [-0.1, -0.05) is 134 Å². The Bertz CT molecular complexity index is 308. The van der Waals surface area contributed by atoms with Crippen molar-refractivity contribution in [2.45, 2.75) is 167 Å². The molecule has 0 bridgehead atoms. The van der Waals surface area contributed by atoms with E-state index in [0.717, 1.165) is 11.8 Å². The summed E-state index contributed by atoms with van der Waals surface area (Å²) in [6.45, 7) is 28.5. The minimum atomic E-state index is 0.561. The van der Waals surface area contributed by atoms with Gasteiger partial charge >= 0.3 is 0 Å². The van der Waals surface area contributed by atoms with Gasteiger partial charge < -0.3 is 0 Å². The van der Waals surface area contributed by atoms with Crippen molar-refractivity contribution in [3.63, 3.8) is 0 Å². The number of hydrogen-bond acceptors (Lipinski definition) is 0. The second kappa shape index (κ2) is 28.7. The van der Waals surface area contributed by atoms with Gasteiger partial charge in [0.15, 0.2) is 0 Å². The van der Waals surface area contributed by atoms with Crippen LogP contribution in [0.25, 0.3) is 0 Å². The molecule has 0 amide bonds. The highest BCUT2D eigenvalue weighted by atomic mass is 14.3. The van der Waals surface area contributed by atoms with Crippen molar-refractivity contribution in [3.05, 3.63) is 11.6 Å². The van der Waals surface area contributed by atoms with Crippen LogP contribution in [0, 0.1) is 17.3 Å². The first-order chi connectivity index (χ1) is 14.3. The fourth-order valence-corrected chi connectivity index (χ4v) is 3.25. The van der Waals surface area contributed by atoms with E-state index in [4.69, 9.17) is 0 Å². The maximum absolute atomic E-state index is 2.54. The van der Waals surface area contributed by atoms with E-state index in [1.165, 1.54) is 77.0 Å². The first-order valence-electron chi connectivity index (χ1n) is 14.0. The van der Waals surface area contributed by atoms with Gasteiger partial charge in [-0.15, -0.1) is 0 Å². The maximum Gasteiger partial charge on any atom is -0.0266 e. The summed E-state index contributed by atoms with van der Waals surface area (Å²) in [5.74, 6) is 1.84. The third-order valence-corrected chi connectivity index (χ3v) is 6.02. The second-order valence-corrected chi connectivity index (χ2v) is 9.18. The van der Waals surface area contributed by atoms with E-state index in [9.17, 15) is 0 Å². The first kappa shape index (κ1) is 37.1. The summed E-state index contributed by atoms with van der Waals surface area (Å²) < 4.78 is 0. The summed E-state index contributed by atoms with van der Waals surface area (Å²) >= 11 is 0. The van der Waals surface area contributed by atoms with E-state index in [0.29, 0.717) is 5.41 Å². The lowest BCUT2D eigenvalue weighted by Crippen LogP contribution is -2.18. The van der Waals surface area contributed by atoms with Crippen LogP contribution in [0.3, 0.4) is 0 Å². The van der Waals surface area contributed by atoms with E-state index in [1.54, 1.807) is 5.57 Å². The fourth-order valence-electron chi connectivity index (χ4n) is 3.25. The zero-order chi connectivity index (χ0) is 24.4. The first-order valence-corrected chi connectivity index (χ1v) is 14.0. The normalized spacial score (nSPS) is 14.4. The minimum Gasteiger partial charge on any atom is -0.0853 e. The molecule has 1 unspecified atom stereocenters. The Morgan fingerprint density at radius 1 is 0.833 bits per heavy atom. The molecule has 1 atom stereocenters. The summed E-state index contributed by atoms with van der Waals surface area (Å²) in [5, 5.41) is 0. The molecule has 0 fully saturated rings. The number of allylic oxidation sites excluding steroid dienone is 2. The molecule has 0 radical (unpaired) electrons. The van der Waals surface area contributed by atoms with Crippen LogP contribution in [0.1, 0.15) is 167 Å². The van der Waals surface area contributed by atoms with Crippen molar-refractivity contribution in [1.82, 2.24) is 0 Å². The van der Waals surface area contributed by atoms with Gasteiger partial charge in [-0.3, -0.25) is 0 Å². The minimum absolute atomic E-state index is 0.561. The predicted octanol–water partition coefficient (Wildman–Crippen LogP) is 12.0. The molecule has 0 heterocycles. The van der Waals surface area contributed by atoms with Crippen LogP contribution >= 0.6 is 0 Å². The number of rotatable bonds is 9. The summed E-state index contributed by atoms with van der Waals surface area (Å²) in [6, 6.07) is 0. The van der Waals surface area contributed by atoms with Gasteiger partial charge in [0.05, 0.1) is 0 Å². The molecule has 0 saturated carbocycles. The van der Waals surface area contributed by atoms with Crippen molar-refractivity contribution in [1.29, 1.82) is 0 Å². The van der Waals surface area contributed by atoms with Crippen molar-refractivity contribution in [2.75, 3.05) is 0 Å². The lowest BCUT2D eigenvalue weighted by molar-refractivity contribution is 0.243. The Hall–Kier alpha value is -0.260. The van der Waals surface area contributed by atoms with E-state index in [1.807, 2.05) is 27.7 Å². The fraction of sp³-hybridized carbons (Fsp3) is 0.933. The van der Waals surface area contributed by atoms with E-state index in [2.05, 4.69) is 68.4 Å². The average Bonchev–Trinajstić information content (AvgIpc) is 2.79. The molecule has 0 nitrogen and oxygen atoms in total. The maximum atomic E-state index is 2.54. The molecule has 1 aliphatic rings. The molecule has 186 valence electrons. The highest BCUT2D eigenvalue weighted by Gasteiger charge is 2.24. The van der Waals surface area contributed by atoms with Gasteiger partial charge in [0.1, 0.15) is 0 Å². The molecule has 0 N–H and O–H groups in total. The molecule has 0 aromatic rings. The van der Waals surface area contributed by atoms with Gasteiger partial charge in [0, 0.05) is 0 Å². The quantitative estimate of drug-likeness (QED) is 0.321. The second-order valence-electron chi connectivity index (χ2n) is 9.18. The standard InChI is InChI=1S/C18H34.C5H12.C3H8.2C2H6/c1-5-16(6-2)13-14-18(4,7-3)15-17-11-9-8-10-12-17;1-4-5(2)3;1-3-2;2*1-2/h11,16H,5-10,12-15H2,1-4H3;5H,4H2,1-3H3;3H2,1-2H3;2*1-2H3. The summed E-state index contributed by atoms with van der Waals surface area (Å²) in [4.78, 5) is 0. The molecule has 0 heteroatoms. The van der Waals surface area contributed by atoms with E-state index < -0.39 is 0 Å². The molecule has 30 heavy (non-hydrogen) atoms. The smallest absolute Gasteiger partial charge is 0.0266 e. The molecule has 0 saturated heterocycles. The molecule has 0 spiro atoms. The van der Waals surface area contributed by atoms with Crippen molar-refractivity contribution in [3.8, 4) is 0 Å². The summed E-state index contributed by atoms with van der Waals surface area (Å²) in [5.41, 5.74) is 2.32. The third kappa shape index (κ3) is 25.8. The molecule has 0 aromatic heterocycles. The van der Waals surface area contributed by atoms with E-state index >= 15 is 0 Å². The largest absolute Gasteiger partial charge is 0.0853 e. The van der Waals surface area contributed by atoms with Crippen LogP contribution in [0.4, 0.5) is 0 Å². The lowest BCUT2D eigenvalue weighted by atomic mass is 9.74. The Kier molecular flexibility index (Phi) is 35.5. The molecular weight excluding hydrogens is 360 g/mol. The van der Waals surface area contributed by atoms with Crippen LogP contribution in [-0.2, 0) is 0 Å². The lowest BCUT2D eigenvalue weighted by Gasteiger charge is -2.32. The molecule has 1 rings (SSSR count). The van der Waals surface area contributed by atoms with Crippen molar-refractivity contribution >= 4 is 0 Å². The average molecular weight is 427 g/mol. The van der Waals surface area contributed by atoms with Gasteiger partial charge in [-0.2, -0.15) is 0 Å². The molecule has 1 aliphatic carbocycles. The monoisotopic (exact) mass is 427 g/mol. The van der Waals surface area contributed by atoms with Crippen molar-refractivity contribution in [2.24, 2.45) is 17.3 Å². The molecule has 0 aliphatic heterocycles. The van der Waals surface area contributed by atoms with Gasteiger partial charge in [0.25, 0.3) is 0 Å². The van der Waals surface area contributed by atoms with Gasteiger partial charge in [-0.05, 0) is 62.2 Å². The van der Waals surface area contributed by atoms with Gasteiger partial charge in [-0.25, -0.2) is 0 Å². The zero-order valence-electron chi connectivity index (χ0n) is 24.2. The summed E-state index contributed by atoms with van der Waals surface area (Å²) in [6.07, 6.45) is 18.9. The highest BCUT2D eigenvalue weighted by Crippen LogP contribution is 2.39. The van der Waals surface area contributed by atoms with E-state index in [-0.39, 0.29) is 0 Å². The Labute approximate surface area is 196 Å². The van der Waals surface area contributed by atoms with Crippen molar-refractivity contribution < 1.29 is 0 Å². The van der Waals surface area contributed by atoms with Gasteiger partial charge in [0.2, 0.25) is 0 Å². The Balaban J connectivity index is -0.000000235. The third-order valence-electron chi connectivity index (χ3n) is 6.02. The highest BCUT2D eigenvalue weighted by molar-refractivity contribution is 5.07. The predicted molar refractivity (Wildman–Crippen MR) is 147 cm³/mol. The van der Waals surface area contributed by atoms with Crippen LogP contribution in [0.5, 0.6) is 0 Å². The Morgan fingerprint density at radius 3 is 1.60 bits per heavy atom. The van der Waals surface area contributed by atoms with Crippen LogP contribution in [0.15, 0.2) is 11.6 Å².